The Balaban J connectivity index is 1.71. The van der Waals surface area contributed by atoms with Gasteiger partial charge in [-0.25, -0.2) is 28.1 Å². The summed E-state index contributed by atoms with van der Waals surface area (Å²) in [5, 5.41) is 0. The summed E-state index contributed by atoms with van der Waals surface area (Å²) >= 11 is 0. The Bertz CT molecular complexity index is 1130. The van der Waals surface area contributed by atoms with Gasteiger partial charge in [0.2, 0.25) is 12.7 Å². The largest absolute Gasteiger partial charge is 0.459 e. The molecule has 1 aromatic heterocycles. The van der Waals surface area contributed by atoms with Crippen LogP contribution in [0.25, 0.3) is 0 Å². The summed E-state index contributed by atoms with van der Waals surface area (Å²) in [6.45, 7) is 3.42. The van der Waals surface area contributed by atoms with Gasteiger partial charge < -0.3 is 19.9 Å². The maximum atomic E-state index is 15.3. The predicted octanol–water partition coefficient (Wildman–Crippen LogP) is 3.43. The van der Waals surface area contributed by atoms with Crippen LogP contribution in [0, 0.1) is 11.7 Å². The van der Waals surface area contributed by atoms with Crippen LogP contribution in [0.2, 0.25) is 0 Å². The molecule has 2 N–H and O–H groups in total. The molecule has 1 aromatic carbocycles. The molecule has 11 heteroatoms. The average Bonchev–Trinajstić information content (AvgIpc) is 3.10. The number of carbonyl (C=O) groups excluding carboxylic acids is 1. The van der Waals surface area contributed by atoms with E-state index in [1.165, 1.54) is 24.4 Å². The average molecular weight is 492 g/mol. The number of hydrogen-bond acceptors (Lipinski definition) is 8. The van der Waals surface area contributed by atoms with Crippen LogP contribution in [0.5, 0.6) is 5.88 Å². The number of ether oxygens (including phenoxy) is 3. The lowest BCUT2D eigenvalue weighted by Gasteiger charge is -2.43. The second-order valence-electron chi connectivity index (χ2n) is 9.15. The number of alkyl halides is 2. The van der Waals surface area contributed by atoms with Gasteiger partial charge in [0.1, 0.15) is 35.4 Å². The number of fused-ring (bicyclic) bond motifs is 1. The molecular formula is C24H27F3N4O4. The van der Waals surface area contributed by atoms with Gasteiger partial charge in [-0.3, -0.25) is 4.79 Å². The normalized spacial score (nSPS) is 27.0. The first-order chi connectivity index (χ1) is 16.6. The monoisotopic (exact) mass is 492 g/mol. The van der Waals surface area contributed by atoms with Gasteiger partial charge in [0.25, 0.3) is 6.02 Å². The van der Waals surface area contributed by atoms with E-state index in [9.17, 15) is 13.6 Å². The van der Waals surface area contributed by atoms with Gasteiger partial charge in [-0.2, -0.15) is 0 Å². The molecule has 4 atom stereocenters. The summed E-state index contributed by atoms with van der Waals surface area (Å²) in [7, 11) is 0. The third kappa shape index (κ3) is 4.44. The molecular weight excluding hydrogens is 465 g/mol. The van der Waals surface area contributed by atoms with Crippen molar-refractivity contribution in [3.63, 3.8) is 0 Å². The van der Waals surface area contributed by atoms with Crippen LogP contribution < -0.4 is 10.5 Å². The molecule has 1 fully saturated rings. The number of benzene rings is 1. The van der Waals surface area contributed by atoms with Crippen molar-refractivity contribution in [2.75, 3.05) is 13.5 Å². The van der Waals surface area contributed by atoms with Crippen molar-refractivity contribution in [3.8, 4) is 5.88 Å². The summed E-state index contributed by atoms with van der Waals surface area (Å²) in [5.41, 5.74) is 3.88. The molecule has 2 aromatic rings. The highest BCUT2D eigenvalue weighted by molar-refractivity contribution is 5.95. The highest BCUT2D eigenvalue weighted by atomic mass is 19.1. The molecule has 35 heavy (non-hydrogen) atoms. The Kier molecular flexibility index (Phi) is 6.72. The number of rotatable bonds is 8. The van der Waals surface area contributed by atoms with Crippen LogP contribution in [0.1, 0.15) is 48.8 Å². The lowest BCUT2D eigenvalue weighted by atomic mass is 9.70. The van der Waals surface area contributed by atoms with Crippen molar-refractivity contribution >= 4 is 11.8 Å². The lowest BCUT2D eigenvalue weighted by Crippen LogP contribution is -2.55. The van der Waals surface area contributed by atoms with E-state index in [0.29, 0.717) is 12.0 Å². The minimum atomic E-state index is -1.68. The first kappa shape index (κ1) is 24.9. The Morgan fingerprint density at radius 1 is 1.23 bits per heavy atom. The summed E-state index contributed by atoms with van der Waals surface area (Å²) in [5.74, 6) is -1.80. The standard InChI is InChI=1S/C24H27F3N4O4/c1-4-18-20-21(23(2,3)35-18)34-22(28)31-24(20,11-25)14-7-13(5-6-15(14)27)8-17(32)16-9-30-19(10-29-16)33-12-26/h5-7,9-10,18,20-21H,4,8,11-12H2,1-3H3,(H2,28,31)/t18-,20-,21-,24+/m0/s1. The smallest absolute Gasteiger partial charge is 0.283 e. The predicted molar refractivity (Wildman–Crippen MR) is 120 cm³/mol. The molecule has 0 radical (unpaired) electrons. The maximum absolute atomic E-state index is 15.3. The molecule has 0 aliphatic carbocycles. The number of amidine groups is 1. The Morgan fingerprint density at radius 3 is 2.63 bits per heavy atom. The van der Waals surface area contributed by atoms with E-state index in [2.05, 4.69) is 19.7 Å². The van der Waals surface area contributed by atoms with Crippen molar-refractivity contribution in [3.05, 3.63) is 53.2 Å². The summed E-state index contributed by atoms with van der Waals surface area (Å²) in [6, 6.07) is 3.80. The number of aromatic nitrogens is 2. The van der Waals surface area contributed by atoms with Crippen LogP contribution in [-0.4, -0.2) is 53.1 Å². The van der Waals surface area contributed by atoms with Gasteiger partial charge >= 0.3 is 0 Å². The molecule has 8 nitrogen and oxygen atoms in total. The van der Waals surface area contributed by atoms with E-state index >= 15 is 4.39 Å². The molecule has 2 aliphatic rings. The van der Waals surface area contributed by atoms with Gasteiger partial charge in [-0.15, -0.1) is 0 Å². The molecule has 188 valence electrons. The van der Waals surface area contributed by atoms with E-state index in [1.54, 1.807) is 0 Å². The van der Waals surface area contributed by atoms with E-state index in [4.69, 9.17) is 15.2 Å². The van der Waals surface area contributed by atoms with Crippen LogP contribution >= 0.6 is 0 Å². The molecule has 0 unspecified atom stereocenters. The number of nitrogens with two attached hydrogens (primary N) is 1. The molecule has 1 saturated heterocycles. The van der Waals surface area contributed by atoms with Crippen LogP contribution in [0.4, 0.5) is 13.2 Å². The topological polar surface area (TPSA) is 109 Å². The van der Waals surface area contributed by atoms with Gasteiger partial charge in [-0.1, -0.05) is 13.0 Å². The first-order valence-corrected chi connectivity index (χ1v) is 11.2. The summed E-state index contributed by atoms with van der Waals surface area (Å²) < 4.78 is 59.0. The van der Waals surface area contributed by atoms with Crippen molar-refractivity contribution in [2.45, 2.75) is 57.0 Å². The van der Waals surface area contributed by atoms with Crippen molar-refractivity contribution < 1.29 is 32.2 Å². The highest BCUT2D eigenvalue weighted by Crippen LogP contribution is 2.52. The van der Waals surface area contributed by atoms with Crippen LogP contribution in [0.15, 0.2) is 35.6 Å². The third-order valence-corrected chi connectivity index (χ3v) is 6.56. The number of nitrogens with zero attached hydrogens (tertiary/aromatic N) is 3. The second-order valence-corrected chi connectivity index (χ2v) is 9.15. The van der Waals surface area contributed by atoms with Crippen LogP contribution in [-0.2, 0) is 21.4 Å². The molecule has 0 bridgehead atoms. The number of ketones is 1. The maximum Gasteiger partial charge on any atom is 0.283 e. The van der Waals surface area contributed by atoms with Crippen molar-refractivity contribution in [1.82, 2.24) is 9.97 Å². The zero-order valence-electron chi connectivity index (χ0n) is 19.6. The molecule has 0 amide bonds. The number of aliphatic imine (C=N–C) groups is 1. The lowest BCUT2D eigenvalue weighted by molar-refractivity contribution is -0.0534. The molecule has 2 aliphatic heterocycles. The van der Waals surface area contributed by atoms with E-state index < -0.39 is 54.4 Å². The molecule has 3 heterocycles. The van der Waals surface area contributed by atoms with E-state index in [-0.39, 0.29) is 29.6 Å². The zero-order valence-corrected chi connectivity index (χ0v) is 19.6. The first-order valence-electron chi connectivity index (χ1n) is 11.2. The summed E-state index contributed by atoms with van der Waals surface area (Å²) in [4.78, 5) is 24.8. The SMILES string of the molecule is CC[C@@H]1OC(C)(C)[C@H]2OC(N)=N[C@](CF)(c3cc(CC(=O)c4cnc(OCF)cn4)ccc3F)[C@@H]12. The third-order valence-electron chi connectivity index (χ3n) is 6.56. The minimum absolute atomic E-state index is 0.0210. The van der Waals surface area contributed by atoms with Gasteiger partial charge in [0.05, 0.1) is 24.4 Å². The molecule has 0 saturated carbocycles. The van der Waals surface area contributed by atoms with Crippen molar-refractivity contribution in [1.29, 1.82) is 0 Å². The fourth-order valence-electron chi connectivity index (χ4n) is 5.01. The number of hydrogen-bond donors (Lipinski definition) is 1. The van der Waals surface area contributed by atoms with Gasteiger partial charge in [0.15, 0.2) is 5.78 Å². The highest BCUT2D eigenvalue weighted by Gasteiger charge is 2.62. The molecule has 0 spiro atoms. The van der Waals surface area contributed by atoms with E-state index in [0.717, 1.165) is 6.20 Å². The number of carbonyl (C=O) groups is 1. The Hall–Kier alpha value is -3.21. The van der Waals surface area contributed by atoms with Crippen LogP contribution in [0.3, 0.4) is 0 Å². The Labute approximate surface area is 200 Å². The quantitative estimate of drug-likeness (QED) is 0.563. The second kappa shape index (κ2) is 9.44. The van der Waals surface area contributed by atoms with Gasteiger partial charge in [-0.05, 0) is 38.0 Å². The summed E-state index contributed by atoms with van der Waals surface area (Å²) in [6.07, 6.45) is 1.58. The fourth-order valence-corrected chi connectivity index (χ4v) is 5.01. The number of halogens is 3. The van der Waals surface area contributed by atoms with Gasteiger partial charge in [0, 0.05) is 12.0 Å². The number of Topliss-reactive ketones (excluding diaryl/α,β-unsaturated/α-hetero) is 1. The minimum Gasteiger partial charge on any atom is -0.459 e. The van der Waals surface area contributed by atoms with Crippen molar-refractivity contribution in [2.24, 2.45) is 16.6 Å². The Morgan fingerprint density at radius 2 is 2.00 bits per heavy atom. The zero-order chi connectivity index (χ0) is 25.4. The molecule has 4 rings (SSSR count). The fraction of sp³-hybridized carbons (Fsp3) is 0.500. The van der Waals surface area contributed by atoms with E-state index in [1.807, 2.05) is 20.8 Å².